The molecule has 0 spiro atoms. The number of carbonyl (C=O) groups is 2. The van der Waals surface area contributed by atoms with Crippen LogP contribution in [0.2, 0.25) is 0 Å². The van der Waals surface area contributed by atoms with Crippen LogP contribution in [0, 0.1) is 5.92 Å². The van der Waals surface area contributed by atoms with Gasteiger partial charge in [-0.3, -0.25) is 9.59 Å². The van der Waals surface area contributed by atoms with Crippen LogP contribution in [-0.2, 0) is 14.3 Å². The largest absolute Gasteiger partial charge is 0.493 e. The van der Waals surface area contributed by atoms with Gasteiger partial charge in [-0.1, -0.05) is 12.1 Å². The third-order valence-corrected chi connectivity index (χ3v) is 3.08. The summed E-state index contributed by atoms with van der Waals surface area (Å²) >= 11 is 0. The highest BCUT2D eigenvalue weighted by Crippen LogP contribution is 2.36. The van der Waals surface area contributed by atoms with Gasteiger partial charge in [0.2, 0.25) is 0 Å². The van der Waals surface area contributed by atoms with Crippen LogP contribution in [0.3, 0.4) is 0 Å². The Bertz CT molecular complexity index is 578. The highest BCUT2D eigenvalue weighted by atomic mass is 16.6. The fraction of sp³-hybridized carbons (Fsp3) is 0.500. The zero-order valence-corrected chi connectivity index (χ0v) is 14.0. The van der Waals surface area contributed by atoms with E-state index >= 15 is 0 Å². The quantitative estimate of drug-likeness (QED) is 0.606. The molecule has 0 aliphatic carbocycles. The van der Waals surface area contributed by atoms with E-state index in [1.165, 1.54) is 14.2 Å². The lowest BCUT2D eigenvalue weighted by molar-refractivity contribution is -0.167. The van der Waals surface area contributed by atoms with Crippen molar-refractivity contribution in [3.8, 4) is 11.5 Å². The van der Waals surface area contributed by atoms with Gasteiger partial charge in [0.15, 0.2) is 17.4 Å². The molecule has 128 valence electrons. The normalized spacial score (nSPS) is 13.8. The number of hydrogen-bond donors (Lipinski definition) is 2. The predicted octanol–water partition coefficient (Wildman–Crippen LogP) is 1.75. The average molecular weight is 325 g/mol. The SMILES string of the molecule is COc1cccc(C(N)[C@@H](C(=O)O)C(=O)OC(C)(C)C)c1OC. The summed E-state index contributed by atoms with van der Waals surface area (Å²) in [6.45, 7) is 4.96. The Hall–Kier alpha value is -2.28. The Morgan fingerprint density at radius 3 is 2.22 bits per heavy atom. The third kappa shape index (κ3) is 4.59. The maximum atomic E-state index is 12.2. The van der Waals surface area contributed by atoms with Crippen molar-refractivity contribution >= 4 is 11.9 Å². The average Bonchev–Trinajstić information content (AvgIpc) is 2.43. The lowest BCUT2D eigenvalue weighted by atomic mass is 9.92. The van der Waals surface area contributed by atoms with Gasteiger partial charge in [0.1, 0.15) is 5.60 Å². The Kier molecular flexibility index (Phi) is 5.98. The summed E-state index contributed by atoms with van der Waals surface area (Å²) in [4.78, 5) is 23.8. The molecule has 7 nitrogen and oxygen atoms in total. The van der Waals surface area contributed by atoms with E-state index in [1.807, 2.05) is 0 Å². The number of ether oxygens (including phenoxy) is 3. The number of benzene rings is 1. The van der Waals surface area contributed by atoms with Gasteiger partial charge in [-0.25, -0.2) is 0 Å². The van der Waals surface area contributed by atoms with Crippen LogP contribution in [0.4, 0.5) is 0 Å². The van der Waals surface area contributed by atoms with Crippen molar-refractivity contribution in [3.63, 3.8) is 0 Å². The first-order valence-corrected chi connectivity index (χ1v) is 7.04. The third-order valence-electron chi connectivity index (χ3n) is 3.08. The Morgan fingerprint density at radius 2 is 1.78 bits per heavy atom. The van der Waals surface area contributed by atoms with Gasteiger partial charge in [-0.15, -0.1) is 0 Å². The van der Waals surface area contributed by atoms with E-state index in [9.17, 15) is 14.7 Å². The maximum absolute atomic E-state index is 12.2. The van der Waals surface area contributed by atoms with Crippen LogP contribution in [0.5, 0.6) is 11.5 Å². The van der Waals surface area contributed by atoms with Crippen LogP contribution in [0.15, 0.2) is 18.2 Å². The molecular formula is C16H23NO6. The lowest BCUT2D eigenvalue weighted by Gasteiger charge is -2.26. The summed E-state index contributed by atoms with van der Waals surface area (Å²) in [5.41, 5.74) is 5.58. The molecule has 1 rings (SSSR count). The summed E-state index contributed by atoms with van der Waals surface area (Å²) < 4.78 is 15.6. The molecule has 1 aromatic carbocycles. The Morgan fingerprint density at radius 1 is 1.17 bits per heavy atom. The van der Waals surface area contributed by atoms with E-state index in [-0.39, 0.29) is 5.75 Å². The second-order valence-electron chi connectivity index (χ2n) is 5.96. The first-order valence-electron chi connectivity index (χ1n) is 7.04. The van der Waals surface area contributed by atoms with Crippen molar-refractivity contribution in [2.24, 2.45) is 11.7 Å². The standard InChI is InChI=1S/C16H23NO6/c1-16(2,3)23-15(20)11(14(18)19)12(17)9-7-6-8-10(21-4)13(9)22-5/h6-8,11-12H,17H2,1-5H3,(H,18,19)/t11-,12?/m0/s1. The molecule has 0 aliphatic rings. The molecule has 2 atom stereocenters. The highest BCUT2D eigenvalue weighted by Gasteiger charge is 2.38. The second kappa shape index (κ2) is 7.32. The molecule has 23 heavy (non-hydrogen) atoms. The van der Waals surface area contributed by atoms with Crippen molar-refractivity contribution < 1.29 is 28.9 Å². The van der Waals surface area contributed by atoms with Crippen LogP contribution in [0.25, 0.3) is 0 Å². The second-order valence-corrected chi connectivity index (χ2v) is 5.96. The number of carboxylic acid groups (broad SMARTS) is 1. The van der Waals surface area contributed by atoms with E-state index in [0.717, 1.165) is 0 Å². The molecule has 7 heteroatoms. The minimum Gasteiger partial charge on any atom is -0.493 e. The summed E-state index contributed by atoms with van der Waals surface area (Å²) in [5.74, 6) is -3.14. The van der Waals surface area contributed by atoms with Gasteiger partial charge >= 0.3 is 11.9 Å². The number of esters is 1. The zero-order valence-electron chi connectivity index (χ0n) is 14.0. The monoisotopic (exact) mass is 325 g/mol. The van der Waals surface area contributed by atoms with Crippen molar-refractivity contribution in [2.45, 2.75) is 32.4 Å². The zero-order chi connectivity index (χ0) is 17.8. The van der Waals surface area contributed by atoms with Gasteiger partial charge in [0.25, 0.3) is 0 Å². The van der Waals surface area contributed by atoms with E-state index in [4.69, 9.17) is 19.9 Å². The molecule has 1 unspecified atom stereocenters. The molecule has 0 aromatic heterocycles. The fourth-order valence-electron chi connectivity index (χ4n) is 2.12. The summed E-state index contributed by atoms with van der Waals surface area (Å²) in [7, 11) is 2.87. The number of carbonyl (C=O) groups excluding carboxylic acids is 1. The topological polar surface area (TPSA) is 108 Å². The van der Waals surface area contributed by atoms with E-state index in [1.54, 1.807) is 39.0 Å². The number of hydrogen-bond acceptors (Lipinski definition) is 6. The first kappa shape index (κ1) is 18.8. The maximum Gasteiger partial charge on any atom is 0.322 e. The van der Waals surface area contributed by atoms with Gasteiger partial charge in [-0.2, -0.15) is 0 Å². The summed E-state index contributed by atoms with van der Waals surface area (Å²) in [6, 6.07) is 3.74. The molecule has 0 fully saturated rings. The molecule has 0 heterocycles. The van der Waals surface area contributed by atoms with Crippen LogP contribution in [0.1, 0.15) is 32.4 Å². The molecular weight excluding hydrogens is 302 g/mol. The van der Waals surface area contributed by atoms with Gasteiger partial charge in [0.05, 0.1) is 20.3 Å². The van der Waals surface area contributed by atoms with Gasteiger partial charge < -0.3 is 25.1 Å². The van der Waals surface area contributed by atoms with Crippen LogP contribution in [-0.4, -0.2) is 36.9 Å². The molecule has 0 saturated carbocycles. The van der Waals surface area contributed by atoms with Crippen LogP contribution >= 0.6 is 0 Å². The molecule has 0 saturated heterocycles. The molecule has 0 radical (unpaired) electrons. The van der Waals surface area contributed by atoms with E-state index in [2.05, 4.69) is 0 Å². The minimum atomic E-state index is -1.56. The highest BCUT2D eigenvalue weighted by molar-refractivity contribution is 5.95. The predicted molar refractivity (Wildman–Crippen MR) is 83.4 cm³/mol. The Labute approximate surface area is 135 Å². The minimum absolute atomic E-state index is 0.289. The Balaban J connectivity index is 3.24. The van der Waals surface area contributed by atoms with Crippen molar-refractivity contribution in [3.05, 3.63) is 23.8 Å². The molecule has 1 aromatic rings. The number of rotatable bonds is 6. The lowest BCUT2D eigenvalue weighted by Crippen LogP contribution is -2.39. The molecule has 3 N–H and O–H groups in total. The van der Waals surface area contributed by atoms with Crippen LogP contribution < -0.4 is 15.2 Å². The van der Waals surface area contributed by atoms with Crippen molar-refractivity contribution in [1.82, 2.24) is 0 Å². The summed E-state index contributed by atoms with van der Waals surface area (Å²) in [6.07, 6.45) is 0. The first-order chi connectivity index (χ1) is 10.6. The smallest absolute Gasteiger partial charge is 0.322 e. The van der Waals surface area contributed by atoms with Crippen molar-refractivity contribution in [1.29, 1.82) is 0 Å². The fourth-order valence-corrected chi connectivity index (χ4v) is 2.12. The molecule has 0 bridgehead atoms. The van der Waals surface area contributed by atoms with Gasteiger partial charge in [0, 0.05) is 5.56 Å². The van der Waals surface area contributed by atoms with Gasteiger partial charge in [-0.05, 0) is 26.8 Å². The molecule has 0 aliphatic heterocycles. The number of nitrogens with two attached hydrogens (primary N) is 1. The van der Waals surface area contributed by atoms with E-state index in [0.29, 0.717) is 11.3 Å². The summed E-state index contributed by atoms with van der Waals surface area (Å²) in [5, 5.41) is 9.41. The molecule has 0 amide bonds. The number of carboxylic acids is 1. The number of para-hydroxylation sites is 1. The number of methoxy groups -OCH3 is 2. The van der Waals surface area contributed by atoms with E-state index < -0.39 is 29.5 Å². The van der Waals surface area contributed by atoms with Crippen molar-refractivity contribution in [2.75, 3.05) is 14.2 Å². The number of aliphatic carboxylic acids is 1.